The van der Waals surface area contributed by atoms with Gasteiger partial charge in [0.25, 0.3) is 0 Å². The molecule has 2 nitrogen and oxygen atoms in total. The van der Waals surface area contributed by atoms with Crippen molar-refractivity contribution < 1.29 is 4.74 Å². The largest absolute Gasteiger partial charge is 0.484 e. The van der Waals surface area contributed by atoms with Crippen molar-refractivity contribution in [1.29, 1.82) is 0 Å². The van der Waals surface area contributed by atoms with Gasteiger partial charge in [-0.1, -0.05) is 6.92 Å². The van der Waals surface area contributed by atoms with Gasteiger partial charge in [0.15, 0.2) is 5.90 Å². The van der Waals surface area contributed by atoms with Crippen LogP contribution in [0.3, 0.4) is 0 Å². The predicted molar refractivity (Wildman–Crippen MR) is 37.8 cm³/mol. The van der Waals surface area contributed by atoms with E-state index in [9.17, 15) is 0 Å². The van der Waals surface area contributed by atoms with Gasteiger partial charge in [-0.2, -0.15) is 0 Å². The molecule has 0 aliphatic carbocycles. The van der Waals surface area contributed by atoms with Gasteiger partial charge in [0.05, 0.1) is 13.2 Å². The Morgan fingerprint density at radius 3 is 2.89 bits per heavy atom. The third-order valence-corrected chi connectivity index (χ3v) is 1.72. The molecule has 1 heterocycles. The fourth-order valence-corrected chi connectivity index (χ4v) is 1.07. The molecule has 0 saturated carbocycles. The van der Waals surface area contributed by atoms with Crippen LogP contribution in [0.1, 0.15) is 26.2 Å². The Hall–Kier alpha value is -0.530. The molecular weight excluding hydrogens is 114 g/mol. The molecule has 52 valence electrons. The zero-order chi connectivity index (χ0) is 6.69. The fraction of sp³-hybridized carbons (Fsp3) is 0.857. The van der Waals surface area contributed by atoms with E-state index in [1.807, 2.05) is 0 Å². The molecule has 0 spiro atoms. The first kappa shape index (κ1) is 6.59. The molecule has 1 aliphatic rings. The molecule has 0 N–H and O–H groups in total. The number of aliphatic imine (C=N–C) groups is 1. The molecule has 0 fully saturated rings. The van der Waals surface area contributed by atoms with Crippen molar-refractivity contribution in [2.75, 3.05) is 7.11 Å². The Kier molecular flexibility index (Phi) is 2.09. The highest BCUT2D eigenvalue weighted by molar-refractivity contribution is 5.77. The number of rotatable bonds is 1. The van der Waals surface area contributed by atoms with Gasteiger partial charge in [0.1, 0.15) is 0 Å². The second kappa shape index (κ2) is 2.85. The Balaban J connectivity index is 2.40. The van der Waals surface area contributed by atoms with Gasteiger partial charge in [0, 0.05) is 6.42 Å². The molecule has 2 heteroatoms. The quantitative estimate of drug-likeness (QED) is 0.524. The lowest BCUT2D eigenvalue weighted by molar-refractivity contribution is 0.395. The molecule has 1 atom stereocenters. The van der Waals surface area contributed by atoms with E-state index in [4.69, 9.17) is 4.74 Å². The van der Waals surface area contributed by atoms with Gasteiger partial charge in [0.2, 0.25) is 0 Å². The van der Waals surface area contributed by atoms with Crippen LogP contribution >= 0.6 is 0 Å². The third kappa shape index (κ3) is 1.44. The smallest absolute Gasteiger partial charge is 0.183 e. The lowest BCUT2D eigenvalue weighted by Gasteiger charge is -1.96. The van der Waals surface area contributed by atoms with Gasteiger partial charge < -0.3 is 4.74 Å². The van der Waals surface area contributed by atoms with Crippen LogP contribution in [0.4, 0.5) is 0 Å². The van der Waals surface area contributed by atoms with Gasteiger partial charge in [-0.3, -0.25) is 4.99 Å². The molecule has 1 aliphatic heterocycles. The molecular formula is C7H13NO. The first-order valence-corrected chi connectivity index (χ1v) is 3.47. The highest BCUT2D eigenvalue weighted by Gasteiger charge is 2.14. The summed E-state index contributed by atoms with van der Waals surface area (Å²) in [4.78, 5) is 4.32. The molecule has 1 unspecified atom stereocenters. The van der Waals surface area contributed by atoms with Crippen molar-refractivity contribution in [2.24, 2.45) is 4.99 Å². The molecule has 1 rings (SSSR count). The van der Waals surface area contributed by atoms with Crippen molar-refractivity contribution in [2.45, 2.75) is 32.2 Å². The van der Waals surface area contributed by atoms with Crippen LogP contribution in [0.15, 0.2) is 4.99 Å². The fourth-order valence-electron chi connectivity index (χ4n) is 1.07. The molecule has 0 radical (unpaired) electrons. The van der Waals surface area contributed by atoms with Crippen molar-refractivity contribution in [3.8, 4) is 0 Å². The molecule has 0 amide bonds. The van der Waals surface area contributed by atoms with Crippen LogP contribution < -0.4 is 0 Å². The average molecular weight is 127 g/mol. The molecule has 0 saturated heterocycles. The van der Waals surface area contributed by atoms with Crippen LogP contribution in [0.2, 0.25) is 0 Å². The van der Waals surface area contributed by atoms with Crippen molar-refractivity contribution >= 4 is 5.90 Å². The van der Waals surface area contributed by atoms with Gasteiger partial charge in [-0.05, 0) is 12.8 Å². The lowest BCUT2D eigenvalue weighted by Crippen LogP contribution is -1.94. The van der Waals surface area contributed by atoms with Crippen LogP contribution in [-0.4, -0.2) is 19.0 Å². The SMILES string of the molecule is CCC1CCC(OC)=N1. The highest BCUT2D eigenvalue weighted by Crippen LogP contribution is 2.15. The number of hydrogen-bond donors (Lipinski definition) is 0. The minimum atomic E-state index is 0.542. The first-order valence-electron chi connectivity index (χ1n) is 3.47. The third-order valence-electron chi connectivity index (χ3n) is 1.72. The topological polar surface area (TPSA) is 21.6 Å². The molecule has 0 aromatic heterocycles. The maximum Gasteiger partial charge on any atom is 0.183 e. The minimum absolute atomic E-state index is 0.542. The Bertz CT molecular complexity index is 120. The standard InChI is InChI=1S/C7H13NO/c1-3-6-4-5-7(8-6)9-2/h6H,3-5H2,1-2H3. The summed E-state index contributed by atoms with van der Waals surface area (Å²) in [6.45, 7) is 2.16. The van der Waals surface area contributed by atoms with Crippen molar-refractivity contribution in [1.82, 2.24) is 0 Å². The Morgan fingerprint density at radius 1 is 1.78 bits per heavy atom. The monoisotopic (exact) mass is 127 g/mol. The Labute approximate surface area is 55.9 Å². The van der Waals surface area contributed by atoms with E-state index in [1.165, 1.54) is 6.42 Å². The maximum atomic E-state index is 4.99. The number of ether oxygens (including phenoxy) is 1. The summed E-state index contributed by atoms with van der Waals surface area (Å²) in [5, 5.41) is 0. The summed E-state index contributed by atoms with van der Waals surface area (Å²) < 4.78 is 4.99. The van der Waals surface area contributed by atoms with E-state index >= 15 is 0 Å². The number of methoxy groups -OCH3 is 1. The van der Waals surface area contributed by atoms with Gasteiger partial charge >= 0.3 is 0 Å². The van der Waals surface area contributed by atoms with E-state index in [0.29, 0.717) is 6.04 Å². The van der Waals surface area contributed by atoms with Crippen LogP contribution in [0.5, 0.6) is 0 Å². The van der Waals surface area contributed by atoms with E-state index < -0.39 is 0 Å². The summed E-state index contributed by atoms with van der Waals surface area (Å²) >= 11 is 0. The van der Waals surface area contributed by atoms with Crippen LogP contribution in [0.25, 0.3) is 0 Å². The summed E-state index contributed by atoms with van der Waals surface area (Å²) in [5.74, 6) is 0.932. The predicted octanol–water partition coefficient (Wildman–Crippen LogP) is 1.60. The molecule has 0 aromatic carbocycles. The van der Waals surface area contributed by atoms with E-state index in [0.717, 1.165) is 18.7 Å². The number of nitrogens with zero attached hydrogens (tertiary/aromatic N) is 1. The summed E-state index contributed by atoms with van der Waals surface area (Å²) in [5.41, 5.74) is 0. The summed E-state index contributed by atoms with van der Waals surface area (Å²) in [6, 6.07) is 0.542. The second-order valence-electron chi connectivity index (χ2n) is 2.33. The van der Waals surface area contributed by atoms with Crippen molar-refractivity contribution in [3.05, 3.63) is 0 Å². The van der Waals surface area contributed by atoms with Crippen LogP contribution in [-0.2, 0) is 4.74 Å². The normalized spacial score (nSPS) is 26.0. The second-order valence-corrected chi connectivity index (χ2v) is 2.33. The number of hydrogen-bond acceptors (Lipinski definition) is 2. The van der Waals surface area contributed by atoms with Gasteiger partial charge in [-0.25, -0.2) is 0 Å². The highest BCUT2D eigenvalue weighted by atomic mass is 16.5. The molecule has 9 heavy (non-hydrogen) atoms. The lowest BCUT2D eigenvalue weighted by atomic mass is 10.2. The van der Waals surface area contributed by atoms with Crippen LogP contribution in [0, 0.1) is 0 Å². The summed E-state index contributed by atoms with van der Waals surface area (Å²) in [7, 11) is 1.69. The molecule has 0 aromatic rings. The average Bonchev–Trinajstić information content (AvgIpc) is 2.34. The van der Waals surface area contributed by atoms with Gasteiger partial charge in [-0.15, -0.1) is 0 Å². The Morgan fingerprint density at radius 2 is 2.56 bits per heavy atom. The zero-order valence-electron chi connectivity index (χ0n) is 6.05. The van der Waals surface area contributed by atoms with E-state index in [1.54, 1.807) is 7.11 Å². The van der Waals surface area contributed by atoms with E-state index in [-0.39, 0.29) is 0 Å². The minimum Gasteiger partial charge on any atom is -0.484 e. The van der Waals surface area contributed by atoms with Crippen molar-refractivity contribution in [3.63, 3.8) is 0 Å². The molecule has 0 bridgehead atoms. The zero-order valence-corrected chi connectivity index (χ0v) is 6.05. The first-order chi connectivity index (χ1) is 4.36. The summed E-state index contributed by atoms with van der Waals surface area (Å²) in [6.07, 6.45) is 3.36. The maximum absolute atomic E-state index is 4.99. The van der Waals surface area contributed by atoms with E-state index in [2.05, 4.69) is 11.9 Å².